The number of amides is 1. The molecule has 0 spiro atoms. The molecule has 1 fully saturated rings. The Morgan fingerprint density at radius 1 is 1.09 bits per heavy atom. The first-order valence-electron chi connectivity index (χ1n) is 7.94. The molecule has 1 aliphatic rings. The minimum atomic E-state index is 0.0857. The topological polar surface area (TPSA) is 32.3 Å². The van der Waals surface area contributed by atoms with Gasteiger partial charge in [0.15, 0.2) is 0 Å². The van der Waals surface area contributed by atoms with Gasteiger partial charge in [-0.1, -0.05) is 18.2 Å². The van der Waals surface area contributed by atoms with Gasteiger partial charge < -0.3 is 10.2 Å². The van der Waals surface area contributed by atoms with E-state index in [0.29, 0.717) is 13.0 Å². The van der Waals surface area contributed by atoms with E-state index in [-0.39, 0.29) is 5.91 Å². The van der Waals surface area contributed by atoms with E-state index in [0.717, 1.165) is 23.5 Å². The molecule has 0 atom stereocenters. The van der Waals surface area contributed by atoms with E-state index in [4.69, 9.17) is 0 Å². The Labute approximate surface area is 136 Å². The van der Waals surface area contributed by atoms with Crippen LogP contribution in [0.5, 0.6) is 0 Å². The molecule has 1 aromatic heterocycles. The molecule has 0 radical (unpaired) electrons. The van der Waals surface area contributed by atoms with Crippen LogP contribution in [0, 0.1) is 0 Å². The van der Waals surface area contributed by atoms with Crippen LogP contribution in [-0.2, 0) is 17.8 Å². The summed E-state index contributed by atoms with van der Waals surface area (Å²) >= 11 is 1.62. The molecule has 1 N–H and O–H groups in total. The number of nitrogens with one attached hydrogen (secondary N) is 1. The molecule has 22 heavy (non-hydrogen) atoms. The largest absolute Gasteiger partial charge is 0.372 e. The molecule has 1 amide bonds. The smallest absolute Gasteiger partial charge is 0.225 e. The second-order valence-electron chi connectivity index (χ2n) is 5.75. The fourth-order valence-electron chi connectivity index (χ4n) is 2.81. The van der Waals surface area contributed by atoms with Gasteiger partial charge >= 0.3 is 0 Å². The second kappa shape index (κ2) is 7.45. The molecule has 1 saturated heterocycles. The third kappa shape index (κ3) is 4.10. The Bertz CT molecular complexity index is 586. The molecule has 1 aromatic carbocycles. The number of carbonyl (C=O) groups is 1. The van der Waals surface area contributed by atoms with Crippen molar-refractivity contribution in [2.45, 2.75) is 32.2 Å². The maximum absolute atomic E-state index is 11.9. The van der Waals surface area contributed by atoms with Crippen molar-refractivity contribution in [1.82, 2.24) is 5.32 Å². The van der Waals surface area contributed by atoms with Crippen molar-refractivity contribution in [3.63, 3.8) is 0 Å². The SMILES string of the molecule is O=C(Cc1cccs1)NCc1ccc(N2CCCCC2)cc1. The van der Waals surface area contributed by atoms with E-state index in [1.54, 1.807) is 11.3 Å². The Morgan fingerprint density at radius 3 is 2.55 bits per heavy atom. The predicted octanol–water partition coefficient (Wildman–Crippen LogP) is 3.60. The normalized spacial score (nSPS) is 14.8. The number of anilines is 1. The van der Waals surface area contributed by atoms with Gasteiger partial charge in [0, 0.05) is 30.2 Å². The zero-order valence-corrected chi connectivity index (χ0v) is 13.6. The molecule has 0 saturated carbocycles. The summed E-state index contributed by atoms with van der Waals surface area (Å²) in [5.41, 5.74) is 2.45. The highest BCUT2D eigenvalue weighted by atomic mass is 32.1. The van der Waals surface area contributed by atoms with Gasteiger partial charge in [-0.3, -0.25) is 4.79 Å². The number of piperidine rings is 1. The Kier molecular flexibility index (Phi) is 5.11. The number of hydrogen-bond acceptors (Lipinski definition) is 3. The third-order valence-corrected chi connectivity index (χ3v) is 4.94. The molecule has 0 bridgehead atoms. The summed E-state index contributed by atoms with van der Waals surface area (Å²) < 4.78 is 0. The zero-order valence-electron chi connectivity index (χ0n) is 12.8. The summed E-state index contributed by atoms with van der Waals surface area (Å²) in [5, 5.41) is 4.99. The average molecular weight is 314 g/mol. The number of thiophene rings is 1. The number of carbonyl (C=O) groups excluding carboxylic acids is 1. The quantitative estimate of drug-likeness (QED) is 0.914. The first-order valence-corrected chi connectivity index (χ1v) is 8.82. The van der Waals surface area contributed by atoms with Gasteiger partial charge in [-0.25, -0.2) is 0 Å². The lowest BCUT2D eigenvalue weighted by atomic mass is 10.1. The van der Waals surface area contributed by atoms with E-state index in [1.165, 1.54) is 24.9 Å². The summed E-state index contributed by atoms with van der Waals surface area (Å²) in [5.74, 6) is 0.0857. The van der Waals surface area contributed by atoms with Crippen molar-refractivity contribution in [2.75, 3.05) is 18.0 Å². The highest BCUT2D eigenvalue weighted by Crippen LogP contribution is 2.20. The van der Waals surface area contributed by atoms with Crippen LogP contribution in [0.4, 0.5) is 5.69 Å². The Balaban J connectivity index is 1.49. The predicted molar refractivity (Wildman–Crippen MR) is 92.4 cm³/mol. The van der Waals surface area contributed by atoms with Crippen LogP contribution >= 0.6 is 11.3 Å². The summed E-state index contributed by atoms with van der Waals surface area (Å²) in [6.45, 7) is 2.93. The number of nitrogens with zero attached hydrogens (tertiary/aromatic N) is 1. The standard InChI is InChI=1S/C18H22N2OS/c21-18(13-17-5-4-12-22-17)19-14-15-6-8-16(9-7-15)20-10-2-1-3-11-20/h4-9,12H,1-3,10-11,13-14H2,(H,19,21). The van der Waals surface area contributed by atoms with Crippen LogP contribution in [0.2, 0.25) is 0 Å². The monoisotopic (exact) mass is 314 g/mol. The molecule has 116 valence electrons. The van der Waals surface area contributed by atoms with Crippen LogP contribution in [0.25, 0.3) is 0 Å². The number of rotatable bonds is 5. The van der Waals surface area contributed by atoms with Gasteiger partial charge in [0.25, 0.3) is 0 Å². The van der Waals surface area contributed by atoms with Gasteiger partial charge in [-0.2, -0.15) is 0 Å². The van der Waals surface area contributed by atoms with Crippen molar-refractivity contribution >= 4 is 22.9 Å². The van der Waals surface area contributed by atoms with Gasteiger partial charge in [0.2, 0.25) is 5.91 Å². The summed E-state index contributed by atoms with van der Waals surface area (Å²) in [6, 6.07) is 12.6. The Hall–Kier alpha value is -1.81. The molecule has 4 heteroatoms. The summed E-state index contributed by atoms with van der Waals surface area (Å²) in [4.78, 5) is 15.4. The minimum Gasteiger partial charge on any atom is -0.372 e. The fourth-order valence-corrected chi connectivity index (χ4v) is 3.51. The molecule has 3 rings (SSSR count). The lowest BCUT2D eigenvalue weighted by molar-refractivity contribution is -0.120. The van der Waals surface area contributed by atoms with Crippen molar-refractivity contribution in [1.29, 1.82) is 0 Å². The lowest BCUT2D eigenvalue weighted by Gasteiger charge is -2.28. The third-order valence-electron chi connectivity index (χ3n) is 4.06. The van der Waals surface area contributed by atoms with Gasteiger partial charge in [0.05, 0.1) is 6.42 Å². The highest BCUT2D eigenvalue weighted by molar-refractivity contribution is 7.10. The maximum Gasteiger partial charge on any atom is 0.225 e. The zero-order chi connectivity index (χ0) is 15.2. The van der Waals surface area contributed by atoms with Crippen molar-refractivity contribution in [2.24, 2.45) is 0 Å². The van der Waals surface area contributed by atoms with E-state index < -0.39 is 0 Å². The first kappa shape index (κ1) is 15.1. The van der Waals surface area contributed by atoms with Crippen molar-refractivity contribution in [3.8, 4) is 0 Å². The Morgan fingerprint density at radius 2 is 1.86 bits per heavy atom. The van der Waals surface area contributed by atoms with Crippen LogP contribution < -0.4 is 10.2 Å². The summed E-state index contributed by atoms with van der Waals surface area (Å²) in [6.07, 6.45) is 4.41. The van der Waals surface area contributed by atoms with Crippen molar-refractivity contribution < 1.29 is 4.79 Å². The minimum absolute atomic E-state index is 0.0857. The van der Waals surface area contributed by atoms with E-state index in [2.05, 4.69) is 34.5 Å². The van der Waals surface area contributed by atoms with Gasteiger partial charge in [-0.15, -0.1) is 11.3 Å². The molecule has 2 heterocycles. The molecule has 0 aliphatic carbocycles. The molecule has 3 nitrogen and oxygen atoms in total. The lowest BCUT2D eigenvalue weighted by Crippen LogP contribution is -2.29. The maximum atomic E-state index is 11.9. The molecule has 1 aliphatic heterocycles. The fraction of sp³-hybridized carbons (Fsp3) is 0.389. The summed E-state index contributed by atoms with van der Waals surface area (Å²) in [7, 11) is 0. The first-order chi connectivity index (χ1) is 10.8. The average Bonchev–Trinajstić information content (AvgIpc) is 3.07. The van der Waals surface area contributed by atoms with Gasteiger partial charge in [0.1, 0.15) is 0 Å². The van der Waals surface area contributed by atoms with E-state index >= 15 is 0 Å². The number of benzene rings is 1. The molecule has 2 aromatic rings. The van der Waals surface area contributed by atoms with Crippen LogP contribution in [0.15, 0.2) is 41.8 Å². The van der Waals surface area contributed by atoms with E-state index in [9.17, 15) is 4.79 Å². The van der Waals surface area contributed by atoms with E-state index in [1.807, 2.05) is 17.5 Å². The van der Waals surface area contributed by atoms with Crippen LogP contribution in [0.1, 0.15) is 29.7 Å². The molecular weight excluding hydrogens is 292 g/mol. The van der Waals surface area contributed by atoms with Crippen LogP contribution in [0.3, 0.4) is 0 Å². The number of hydrogen-bond donors (Lipinski definition) is 1. The van der Waals surface area contributed by atoms with Crippen LogP contribution in [-0.4, -0.2) is 19.0 Å². The molecular formula is C18H22N2OS. The van der Waals surface area contributed by atoms with Gasteiger partial charge in [-0.05, 0) is 48.4 Å². The van der Waals surface area contributed by atoms with Crippen molar-refractivity contribution in [3.05, 3.63) is 52.2 Å². The highest BCUT2D eigenvalue weighted by Gasteiger charge is 2.10. The second-order valence-corrected chi connectivity index (χ2v) is 6.78. The molecule has 0 unspecified atom stereocenters.